The quantitative estimate of drug-likeness (QED) is 0.643. The third-order valence-corrected chi connectivity index (χ3v) is 2.23. The molecule has 0 spiro atoms. The van der Waals surface area contributed by atoms with E-state index in [4.69, 9.17) is 9.47 Å². The Kier molecular flexibility index (Phi) is 4.66. The van der Waals surface area contributed by atoms with Crippen LogP contribution >= 0.6 is 0 Å². The standard InChI is InChI=1S/C9H19NO3/c1-7(8(2)11)10-9-5-12-3-4-13-6-9/h7-11H,3-6H2,1-2H3. The van der Waals surface area contributed by atoms with Gasteiger partial charge in [0, 0.05) is 6.04 Å². The van der Waals surface area contributed by atoms with Crippen molar-refractivity contribution in [1.29, 1.82) is 0 Å². The van der Waals surface area contributed by atoms with Crippen molar-refractivity contribution in [1.82, 2.24) is 5.32 Å². The van der Waals surface area contributed by atoms with Crippen LogP contribution in [0.25, 0.3) is 0 Å². The van der Waals surface area contributed by atoms with E-state index in [0.717, 1.165) is 0 Å². The zero-order valence-electron chi connectivity index (χ0n) is 8.32. The third kappa shape index (κ3) is 4.04. The molecule has 0 amide bonds. The Morgan fingerprint density at radius 1 is 1.23 bits per heavy atom. The van der Waals surface area contributed by atoms with E-state index in [9.17, 15) is 5.11 Å². The van der Waals surface area contributed by atoms with Gasteiger partial charge in [-0.3, -0.25) is 0 Å². The first-order valence-electron chi connectivity index (χ1n) is 4.79. The second kappa shape index (κ2) is 5.54. The lowest BCUT2D eigenvalue weighted by Gasteiger charge is -2.22. The molecule has 1 fully saturated rings. The van der Waals surface area contributed by atoms with E-state index in [1.54, 1.807) is 6.92 Å². The summed E-state index contributed by atoms with van der Waals surface area (Å²) in [6.07, 6.45) is -0.344. The van der Waals surface area contributed by atoms with Crippen LogP contribution < -0.4 is 5.32 Å². The molecule has 0 aromatic heterocycles. The zero-order valence-corrected chi connectivity index (χ0v) is 8.32. The summed E-state index contributed by atoms with van der Waals surface area (Å²) in [6.45, 7) is 6.39. The Labute approximate surface area is 79.2 Å². The van der Waals surface area contributed by atoms with Gasteiger partial charge >= 0.3 is 0 Å². The van der Waals surface area contributed by atoms with Gasteiger partial charge in [-0.15, -0.1) is 0 Å². The summed E-state index contributed by atoms with van der Waals surface area (Å²) in [7, 11) is 0. The number of rotatable bonds is 3. The fraction of sp³-hybridized carbons (Fsp3) is 1.00. The summed E-state index contributed by atoms with van der Waals surface area (Å²) in [6, 6.07) is 0.280. The van der Waals surface area contributed by atoms with Crippen molar-refractivity contribution in [3.8, 4) is 0 Å². The molecule has 4 heteroatoms. The molecule has 2 unspecified atom stereocenters. The average Bonchev–Trinajstić information content (AvgIpc) is 2.32. The van der Waals surface area contributed by atoms with Crippen LogP contribution in [-0.4, -0.2) is 49.7 Å². The Bertz CT molecular complexity index is 133. The molecular formula is C9H19NO3. The van der Waals surface area contributed by atoms with E-state index >= 15 is 0 Å². The van der Waals surface area contributed by atoms with Crippen LogP contribution in [0.5, 0.6) is 0 Å². The van der Waals surface area contributed by atoms with Crippen LogP contribution in [0, 0.1) is 0 Å². The van der Waals surface area contributed by atoms with Crippen molar-refractivity contribution in [2.24, 2.45) is 0 Å². The van der Waals surface area contributed by atoms with Crippen LogP contribution in [0.1, 0.15) is 13.8 Å². The van der Waals surface area contributed by atoms with Crippen LogP contribution in [-0.2, 0) is 9.47 Å². The Hall–Kier alpha value is -0.160. The minimum Gasteiger partial charge on any atom is -0.392 e. The zero-order chi connectivity index (χ0) is 9.68. The van der Waals surface area contributed by atoms with Crippen molar-refractivity contribution in [2.45, 2.75) is 32.0 Å². The van der Waals surface area contributed by atoms with E-state index in [1.807, 2.05) is 6.92 Å². The minimum atomic E-state index is -0.344. The molecule has 13 heavy (non-hydrogen) atoms. The molecular weight excluding hydrogens is 170 g/mol. The van der Waals surface area contributed by atoms with E-state index in [1.165, 1.54) is 0 Å². The van der Waals surface area contributed by atoms with E-state index < -0.39 is 0 Å². The highest BCUT2D eigenvalue weighted by Gasteiger charge is 2.17. The molecule has 0 bridgehead atoms. The molecule has 1 saturated heterocycles. The molecule has 2 N–H and O–H groups in total. The fourth-order valence-electron chi connectivity index (χ4n) is 1.22. The second-order valence-electron chi connectivity index (χ2n) is 3.54. The minimum absolute atomic E-state index is 0.0790. The summed E-state index contributed by atoms with van der Waals surface area (Å²) in [5.41, 5.74) is 0. The summed E-state index contributed by atoms with van der Waals surface area (Å²) in [5, 5.41) is 12.5. The van der Waals surface area contributed by atoms with Crippen LogP contribution in [0.15, 0.2) is 0 Å². The molecule has 0 aromatic carbocycles. The molecule has 0 saturated carbocycles. The van der Waals surface area contributed by atoms with Crippen molar-refractivity contribution in [2.75, 3.05) is 26.4 Å². The molecule has 1 aliphatic heterocycles. The number of ether oxygens (including phenoxy) is 2. The summed E-state index contributed by atoms with van der Waals surface area (Å²) < 4.78 is 10.6. The number of aliphatic hydroxyl groups is 1. The van der Waals surface area contributed by atoms with Crippen molar-refractivity contribution in [3.05, 3.63) is 0 Å². The van der Waals surface area contributed by atoms with Gasteiger partial charge in [-0.2, -0.15) is 0 Å². The maximum absolute atomic E-state index is 9.28. The largest absolute Gasteiger partial charge is 0.392 e. The summed E-state index contributed by atoms with van der Waals surface area (Å²) >= 11 is 0. The van der Waals surface area contributed by atoms with Crippen molar-refractivity contribution < 1.29 is 14.6 Å². The average molecular weight is 189 g/mol. The van der Waals surface area contributed by atoms with E-state index in [0.29, 0.717) is 26.4 Å². The van der Waals surface area contributed by atoms with E-state index in [2.05, 4.69) is 5.32 Å². The highest BCUT2D eigenvalue weighted by atomic mass is 16.5. The van der Waals surface area contributed by atoms with Crippen molar-refractivity contribution >= 4 is 0 Å². The summed E-state index contributed by atoms with van der Waals surface area (Å²) in [4.78, 5) is 0. The monoisotopic (exact) mass is 189 g/mol. The van der Waals surface area contributed by atoms with Crippen molar-refractivity contribution in [3.63, 3.8) is 0 Å². The third-order valence-electron chi connectivity index (χ3n) is 2.23. The predicted molar refractivity (Wildman–Crippen MR) is 49.7 cm³/mol. The molecule has 0 aromatic rings. The Morgan fingerprint density at radius 2 is 1.77 bits per heavy atom. The maximum Gasteiger partial charge on any atom is 0.0701 e. The first-order valence-corrected chi connectivity index (χ1v) is 4.79. The fourth-order valence-corrected chi connectivity index (χ4v) is 1.22. The van der Waals surface area contributed by atoms with Gasteiger partial charge in [-0.25, -0.2) is 0 Å². The van der Waals surface area contributed by atoms with Gasteiger partial charge in [0.1, 0.15) is 0 Å². The molecule has 0 aliphatic carbocycles. The first kappa shape index (κ1) is 10.9. The lowest BCUT2D eigenvalue weighted by atomic mass is 10.2. The van der Waals surface area contributed by atoms with Gasteiger partial charge in [-0.05, 0) is 13.8 Å². The normalized spacial score (nSPS) is 25.2. The van der Waals surface area contributed by atoms with Gasteiger partial charge in [0.25, 0.3) is 0 Å². The van der Waals surface area contributed by atoms with Gasteiger partial charge in [0.2, 0.25) is 0 Å². The van der Waals surface area contributed by atoms with Gasteiger partial charge in [-0.1, -0.05) is 0 Å². The highest BCUT2D eigenvalue weighted by Crippen LogP contribution is 1.99. The Morgan fingerprint density at radius 3 is 2.23 bits per heavy atom. The molecule has 2 atom stereocenters. The number of hydrogen-bond donors (Lipinski definition) is 2. The van der Waals surface area contributed by atoms with Gasteiger partial charge < -0.3 is 19.9 Å². The topological polar surface area (TPSA) is 50.7 Å². The predicted octanol–water partition coefficient (Wildman–Crippen LogP) is -0.239. The molecule has 1 heterocycles. The highest BCUT2D eigenvalue weighted by molar-refractivity contribution is 4.75. The maximum atomic E-state index is 9.28. The van der Waals surface area contributed by atoms with E-state index in [-0.39, 0.29) is 18.2 Å². The van der Waals surface area contributed by atoms with Gasteiger partial charge in [0.15, 0.2) is 0 Å². The van der Waals surface area contributed by atoms with Gasteiger partial charge in [0.05, 0.1) is 38.6 Å². The number of hydrogen-bond acceptors (Lipinski definition) is 4. The molecule has 1 aliphatic rings. The molecule has 0 radical (unpaired) electrons. The second-order valence-corrected chi connectivity index (χ2v) is 3.54. The molecule has 78 valence electrons. The van der Waals surface area contributed by atoms with Crippen LogP contribution in [0.3, 0.4) is 0 Å². The lowest BCUT2D eigenvalue weighted by Crippen LogP contribution is -2.46. The SMILES string of the molecule is CC(O)C(C)NC1COCCOC1. The number of nitrogens with one attached hydrogen (secondary N) is 1. The first-order chi connectivity index (χ1) is 6.20. The van der Waals surface area contributed by atoms with Crippen LogP contribution in [0.2, 0.25) is 0 Å². The summed E-state index contributed by atoms with van der Waals surface area (Å²) in [5.74, 6) is 0. The number of aliphatic hydroxyl groups excluding tert-OH is 1. The smallest absolute Gasteiger partial charge is 0.0701 e. The van der Waals surface area contributed by atoms with Crippen LogP contribution in [0.4, 0.5) is 0 Å². The Balaban J connectivity index is 2.25. The lowest BCUT2D eigenvalue weighted by molar-refractivity contribution is 0.103. The molecule has 1 rings (SSSR count). The molecule has 4 nitrogen and oxygen atoms in total.